The van der Waals surface area contributed by atoms with E-state index in [-0.39, 0.29) is 6.42 Å². The smallest absolute Gasteiger partial charge is 0.222 e. The van der Waals surface area contributed by atoms with Gasteiger partial charge in [-0.25, -0.2) is 4.39 Å². The molecule has 3 rings (SSSR count). The normalized spacial score (nSPS) is 30.6. The largest absolute Gasteiger partial charge is 0.225 e. The number of nitrogens with zero attached hydrogens (tertiary/aromatic N) is 1. The Morgan fingerprint density at radius 1 is 1.27 bits per heavy atom. The predicted octanol–water partition coefficient (Wildman–Crippen LogP) is 5.87. The molecule has 0 N–H and O–H groups in total. The van der Waals surface area contributed by atoms with Gasteiger partial charge >= 0.3 is 0 Å². The van der Waals surface area contributed by atoms with Gasteiger partial charge in [-0.2, -0.15) is 5.26 Å². The Hall–Kier alpha value is -1.62. The van der Waals surface area contributed by atoms with E-state index in [2.05, 4.69) is 19.1 Å². The van der Waals surface area contributed by atoms with Gasteiger partial charge in [-0.15, -0.1) is 0 Å². The second-order valence-corrected chi connectivity index (χ2v) is 6.87. The Balaban J connectivity index is 1.78. The lowest BCUT2D eigenvalue weighted by molar-refractivity contribution is 0.246. The van der Waals surface area contributed by atoms with Crippen LogP contribution in [0.2, 0.25) is 0 Å². The fraction of sp³-hybridized carbons (Fsp3) is 0.550. The van der Waals surface area contributed by atoms with Crippen molar-refractivity contribution in [3.63, 3.8) is 0 Å². The summed E-state index contributed by atoms with van der Waals surface area (Å²) in [4.78, 5) is 0. The fourth-order valence-electron chi connectivity index (χ4n) is 4.09. The maximum Gasteiger partial charge on any atom is 0.225 e. The van der Waals surface area contributed by atoms with Gasteiger partial charge in [0.15, 0.2) is 0 Å². The zero-order valence-electron chi connectivity index (χ0n) is 13.3. The summed E-state index contributed by atoms with van der Waals surface area (Å²) in [6, 6.07) is 7.84. The number of hydrogen-bond donors (Lipinski definition) is 0. The number of halogens is 1. The lowest BCUT2D eigenvalue weighted by Crippen LogP contribution is -2.21. The van der Waals surface area contributed by atoms with Crippen LogP contribution in [0.5, 0.6) is 0 Å². The maximum absolute atomic E-state index is 14.6. The molecule has 1 nitrogen and oxygen atoms in total. The lowest BCUT2D eigenvalue weighted by Gasteiger charge is -2.30. The molecule has 1 aromatic carbocycles. The minimum Gasteiger partial charge on any atom is -0.222 e. The summed E-state index contributed by atoms with van der Waals surface area (Å²) < 4.78 is 14.6. The molecule has 2 heteroatoms. The third-order valence-corrected chi connectivity index (χ3v) is 5.39. The minimum absolute atomic E-state index is 0.165. The van der Waals surface area contributed by atoms with E-state index < -0.39 is 5.67 Å². The molecule has 0 radical (unpaired) electrons. The van der Waals surface area contributed by atoms with Gasteiger partial charge in [0.1, 0.15) is 6.07 Å². The van der Waals surface area contributed by atoms with Crippen LogP contribution in [0.15, 0.2) is 24.3 Å². The van der Waals surface area contributed by atoms with E-state index in [1.807, 2.05) is 18.2 Å². The van der Waals surface area contributed by atoms with Crippen molar-refractivity contribution in [1.82, 2.24) is 0 Å². The highest BCUT2D eigenvalue weighted by atomic mass is 19.1. The minimum atomic E-state index is -1.85. The topological polar surface area (TPSA) is 23.8 Å². The molecule has 1 saturated carbocycles. The van der Waals surface area contributed by atoms with E-state index in [1.165, 1.54) is 44.1 Å². The second kappa shape index (κ2) is 6.24. The zero-order valence-corrected chi connectivity index (χ0v) is 13.3. The quantitative estimate of drug-likeness (QED) is 0.685. The molecule has 2 aliphatic rings. The Kier molecular flexibility index (Phi) is 4.34. The summed E-state index contributed by atoms with van der Waals surface area (Å²) in [5.74, 6) is 1.50. The van der Waals surface area contributed by atoms with Gasteiger partial charge in [-0.3, -0.25) is 0 Å². The monoisotopic (exact) mass is 297 g/mol. The molecule has 0 amide bonds. The van der Waals surface area contributed by atoms with Gasteiger partial charge in [-0.1, -0.05) is 50.1 Å². The van der Waals surface area contributed by atoms with Gasteiger partial charge in [0.2, 0.25) is 5.67 Å². The van der Waals surface area contributed by atoms with E-state index in [0.29, 0.717) is 11.5 Å². The first-order chi connectivity index (χ1) is 10.7. The van der Waals surface area contributed by atoms with Crippen LogP contribution in [0.1, 0.15) is 74.5 Å². The van der Waals surface area contributed by atoms with Gasteiger partial charge < -0.3 is 0 Å². The van der Waals surface area contributed by atoms with Crippen molar-refractivity contribution in [2.45, 2.75) is 63.5 Å². The molecule has 0 aliphatic heterocycles. The SMILES string of the molecule is CCC[C@H]1CC[C@H](c2ccc3c(c2)C=CCC3(F)C#N)CC1. The Morgan fingerprint density at radius 2 is 2.05 bits per heavy atom. The first-order valence-corrected chi connectivity index (χ1v) is 8.57. The molecule has 0 heterocycles. The van der Waals surface area contributed by atoms with Gasteiger partial charge in [0, 0.05) is 12.0 Å². The molecule has 0 spiro atoms. The molecule has 1 unspecified atom stereocenters. The number of nitriles is 1. The van der Waals surface area contributed by atoms with E-state index in [1.54, 1.807) is 6.08 Å². The van der Waals surface area contributed by atoms with Gasteiger partial charge in [0.25, 0.3) is 0 Å². The van der Waals surface area contributed by atoms with Crippen molar-refractivity contribution >= 4 is 6.08 Å². The van der Waals surface area contributed by atoms with E-state index in [0.717, 1.165) is 11.5 Å². The molecule has 0 bridgehead atoms. The van der Waals surface area contributed by atoms with Crippen molar-refractivity contribution in [3.05, 3.63) is 41.0 Å². The number of fused-ring (bicyclic) bond motifs is 1. The third kappa shape index (κ3) is 2.82. The van der Waals surface area contributed by atoms with Crippen LogP contribution in [0.25, 0.3) is 6.08 Å². The van der Waals surface area contributed by atoms with Crippen molar-refractivity contribution in [1.29, 1.82) is 5.26 Å². The summed E-state index contributed by atoms with van der Waals surface area (Å²) in [7, 11) is 0. The molecule has 1 atom stereocenters. The summed E-state index contributed by atoms with van der Waals surface area (Å²) in [6.07, 6.45) is 11.7. The van der Waals surface area contributed by atoms with Crippen LogP contribution in [0.3, 0.4) is 0 Å². The Morgan fingerprint density at radius 3 is 2.73 bits per heavy atom. The Labute approximate surface area is 132 Å². The van der Waals surface area contributed by atoms with Crippen LogP contribution in [0, 0.1) is 17.2 Å². The second-order valence-electron chi connectivity index (χ2n) is 6.87. The molecular weight excluding hydrogens is 273 g/mol. The Bertz CT molecular complexity index is 605. The summed E-state index contributed by atoms with van der Waals surface area (Å²) in [6.45, 7) is 2.26. The van der Waals surface area contributed by atoms with Crippen LogP contribution in [-0.2, 0) is 5.67 Å². The summed E-state index contributed by atoms with van der Waals surface area (Å²) >= 11 is 0. The number of alkyl halides is 1. The molecule has 0 aromatic heterocycles. The number of benzene rings is 1. The van der Waals surface area contributed by atoms with Crippen LogP contribution in [0.4, 0.5) is 4.39 Å². The van der Waals surface area contributed by atoms with Crippen LogP contribution in [-0.4, -0.2) is 0 Å². The average Bonchev–Trinajstić information content (AvgIpc) is 2.56. The number of rotatable bonds is 3. The molecule has 1 aromatic rings. The average molecular weight is 297 g/mol. The zero-order chi connectivity index (χ0) is 15.6. The highest BCUT2D eigenvalue weighted by molar-refractivity contribution is 5.61. The molecular formula is C20H24FN. The molecule has 1 fully saturated rings. The fourth-order valence-corrected chi connectivity index (χ4v) is 4.09. The van der Waals surface area contributed by atoms with Crippen molar-refractivity contribution < 1.29 is 4.39 Å². The standard InChI is InChI=1S/C20H24FN/c1-2-4-15-6-8-16(9-7-15)17-10-11-19-18(13-17)5-3-12-20(19,21)14-22/h3,5,10-11,13,15-16H,2,4,6-9,12H2,1H3/t15-,16-,20?. The maximum atomic E-state index is 14.6. The first kappa shape index (κ1) is 15.3. The van der Waals surface area contributed by atoms with Crippen LogP contribution < -0.4 is 0 Å². The molecule has 2 aliphatic carbocycles. The highest BCUT2D eigenvalue weighted by Crippen LogP contribution is 2.41. The van der Waals surface area contributed by atoms with Crippen molar-refractivity contribution in [2.24, 2.45) is 5.92 Å². The number of hydrogen-bond acceptors (Lipinski definition) is 1. The molecule has 0 saturated heterocycles. The summed E-state index contributed by atoms with van der Waals surface area (Å²) in [5.41, 5.74) is 0.909. The number of allylic oxidation sites excluding steroid dienone is 1. The summed E-state index contributed by atoms with van der Waals surface area (Å²) in [5, 5.41) is 9.14. The van der Waals surface area contributed by atoms with Gasteiger partial charge in [0.05, 0.1) is 0 Å². The van der Waals surface area contributed by atoms with Crippen LogP contribution >= 0.6 is 0 Å². The third-order valence-electron chi connectivity index (χ3n) is 5.39. The van der Waals surface area contributed by atoms with Crippen molar-refractivity contribution in [2.75, 3.05) is 0 Å². The predicted molar refractivity (Wildman–Crippen MR) is 88.1 cm³/mol. The lowest BCUT2D eigenvalue weighted by atomic mass is 9.76. The molecule has 116 valence electrons. The van der Waals surface area contributed by atoms with Crippen molar-refractivity contribution in [3.8, 4) is 6.07 Å². The van der Waals surface area contributed by atoms with Gasteiger partial charge in [-0.05, 0) is 48.6 Å². The van der Waals surface area contributed by atoms with E-state index in [9.17, 15) is 4.39 Å². The molecule has 22 heavy (non-hydrogen) atoms. The first-order valence-electron chi connectivity index (χ1n) is 8.57. The highest BCUT2D eigenvalue weighted by Gasteiger charge is 2.35. The van der Waals surface area contributed by atoms with E-state index in [4.69, 9.17) is 5.26 Å². The van der Waals surface area contributed by atoms with E-state index >= 15 is 0 Å².